The Morgan fingerprint density at radius 2 is 1.91 bits per heavy atom. The van der Waals surface area contributed by atoms with Crippen molar-refractivity contribution in [3.05, 3.63) is 36.3 Å². The monoisotopic (exact) mass is 340 g/mol. The topological polar surface area (TPSA) is 50.7 Å². The number of thioether (sulfide) groups is 1. The first-order valence-corrected chi connectivity index (χ1v) is 8.30. The van der Waals surface area contributed by atoms with Crippen molar-refractivity contribution in [3.8, 4) is 11.4 Å². The van der Waals surface area contributed by atoms with Crippen LogP contribution in [0.25, 0.3) is 11.4 Å². The average molecular weight is 340 g/mol. The molecule has 1 saturated carbocycles. The Morgan fingerprint density at radius 3 is 2.48 bits per heavy atom. The van der Waals surface area contributed by atoms with Gasteiger partial charge < -0.3 is 5.32 Å². The Balaban J connectivity index is 1.92. The minimum atomic E-state index is -4.52. The van der Waals surface area contributed by atoms with E-state index in [1.807, 2.05) is 6.26 Å². The highest BCUT2D eigenvalue weighted by atomic mass is 32.2. The van der Waals surface area contributed by atoms with Gasteiger partial charge >= 0.3 is 6.18 Å². The zero-order chi connectivity index (χ0) is 16.5. The largest absolute Gasteiger partial charge is 0.433 e. The number of halogens is 3. The van der Waals surface area contributed by atoms with Crippen LogP contribution in [0.15, 0.2) is 30.6 Å². The van der Waals surface area contributed by atoms with Crippen LogP contribution in [0.3, 0.4) is 0 Å². The first-order valence-electron chi connectivity index (χ1n) is 7.08. The molecule has 0 spiro atoms. The molecular weight excluding hydrogens is 325 g/mol. The van der Waals surface area contributed by atoms with Crippen LogP contribution in [-0.4, -0.2) is 32.5 Å². The molecule has 0 saturated heterocycles. The molecule has 2 heterocycles. The molecule has 23 heavy (non-hydrogen) atoms. The molecule has 0 amide bonds. The van der Waals surface area contributed by atoms with Gasteiger partial charge in [0.15, 0.2) is 11.5 Å². The lowest BCUT2D eigenvalue weighted by Gasteiger charge is -2.15. The second kappa shape index (κ2) is 5.99. The summed E-state index contributed by atoms with van der Waals surface area (Å²) in [6.07, 6.45) is 2.62. The van der Waals surface area contributed by atoms with Gasteiger partial charge in [-0.15, -0.1) is 0 Å². The van der Waals surface area contributed by atoms with E-state index in [0.29, 0.717) is 12.1 Å². The number of anilines is 1. The number of hydrogen-bond acceptors (Lipinski definition) is 5. The third-order valence-corrected chi connectivity index (χ3v) is 5.21. The summed E-state index contributed by atoms with van der Waals surface area (Å²) in [7, 11) is 0. The number of alkyl halides is 3. The number of pyridine rings is 1. The van der Waals surface area contributed by atoms with E-state index in [2.05, 4.69) is 20.3 Å². The van der Waals surface area contributed by atoms with Gasteiger partial charge in [-0.05, 0) is 31.2 Å². The van der Waals surface area contributed by atoms with Gasteiger partial charge in [-0.2, -0.15) is 24.9 Å². The van der Waals surface area contributed by atoms with E-state index in [-0.39, 0.29) is 16.4 Å². The van der Waals surface area contributed by atoms with Crippen molar-refractivity contribution in [1.29, 1.82) is 0 Å². The van der Waals surface area contributed by atoms with Crippen LogP contribution in [0.4, 0.5) is 19.0 Å². The molecule has 3 rings (SSSR count). The summed E-state index contributed by atoms with van der Waals surface area (Å²) in [4.78, 5) is 11.7. The minimum Gasteiger partial charge on any atom is -0.369 e. The van der Waals surface area contributed by atoms with E-state index in [4.69, 9.17) is 0 Å². The molecule has 0 aromatic carbocycles. The Bertz CT molecular complexity index is 687. The average Bonchev–Trinajstić information content (AvgIpc) is 3.33. The van der Waals surface area contributed by atoms with Gasteiger partial charge in [-0.1, -0.05) is 0 Å². The molecule has 0 unspecified atom stereocenters. The molecule has 0 bridgehead atoms. The highest BCUT2D eigenvalue weighted by molar-refractivity contribution is 8.00. The van der Waals surface area contributed by atoms with Crippen LogP contribution in [0.2, 0.25) is 0 Å². The van der Waals surface area contributed by atoms with Crippen LogP contribution < -0.4 is 5.32 Å². The lowest BCUT2D eigenvalue weighted by molar-refractivity contribution is -0.141. The number of nitrogens with one attached hydrogen (secondary N) is 1. The Morgan fingerprint density at radius 1 is 1.22 bits per heavy atom. The van der Waals surface area contributed by atoms with Crippen molar-refractivity contribution >= 4 is 17.6 Å². The smallest absolute Gasteiger partial charge is 0.369 e. The van der Waals surface area contributed by atoms with Gasteiger partial charge in [0, 0.05) is 35.3 Å². The predicted molar refractivity (Wildman–Crippen MR) is 84.2 cm³/mol. The number of rotatable bonds is 5. The molecule has 1 aliphatic carbocycles. The molecule has 0 aliphatic heterocycles. The Labute approximate surface area is 136 Å². The molecule has 1 fully saturated rings. The number of aromatic nitrogens is 3. The summed E-state index contributed by atoms with van der Waals surface area (Å²) >= 11 is 1.73. The van der Waals surface area contributed by atoms with Crippen LogP contribution in [-0.2, 0) is 6.18 Å². The van der Waals surface area contributed by atoms with E-state index in [1.54, 1.807) is 23.9 Å². The first-order chi connectivity index (χ1) is 10.9. The van der Waals surface area contributed by atoms with Crippen molar-refractivity contribution in [1.82, 2.24) is 15.0 Å². The lowest BCUT2D eigenvalue weighted by atomic mass is 10.2. The molecule has 4 nitrogen and oxygen atoms in total. The van der Waals surface area contributed by atoms with E-state index in [0.717, 1.165) is 18.9 Å². The molecule has 0 atom stereocenters. The van der Waals surface area contributed by atoms with Crippen LogP contribution in [0.1, 0.15) is 18.5 Å². The van der Waals surface area contributed by atoms with Crippen LogP contribution >= 0.6 is 11.8 Å². The fraction of sp³-hybridized carbons (Fsp3) is 0.400. The molecule has 0 radical (unpaired) electrons. The SMILES string of the molecule is CSC1(CNc2cc(C(F)(F)F)nc(-c3ccncc3)n2)CC1. The van der Waals surface area contributed by atoms with Gasteiger partial charge in [0.25, 0.3) is 0 Å². The summed E-state index contributed by atoms with van der Waals surface area (Å²) in [6, 6.07) is 4.13. The van der Waals surface area contributed by atoms with Gasteiger partial charge in [0.05, 0.1) is 0 Å². The zero-order valence-electron chi connectivity index (χ0n) is 12.4. The molecule has 1 aliphatic rings. The summed E-state index contributed by atoms with van der Waals surface area (Å²) in [6.45, 7) is 0.595. The van der Waals surface area contributed by atoms with E-state index < -0.39 is 11.9 Å². The standard InChI is InChI=1S/C15H15F3N4S/c1-23-14(4-5-14)9-20-12-8-11(15(16,17)18)21-13(22-12)10-2-6-19-7-3-10/h2-3,6-8H,4-5,9H2,1H3,(H,20,21,22). The van der Waals surface area contributed by atoms with Gasteiger partial charge in [-0.25, -0.2) is 9.97 Å². The molecule has 2 aromatic rings. The van der Waals surface area contributed by atoms with Crippen molar-refractivity contribution in [2.75, 3.05) is 18.1 Å². The Hall–Kier alpha value is -1.83. The zero-order valence-corrected chi connectivity index (χ0v) is 13.2. The summed E-state index contributed by atoms with van der Waals surface area (Å²) in [5.41, 5.74) is -0.448. The first kappa shape index (κ1) is 16.0. The summed E-state index contributed by atoms with van der Waals surface area (Å²) < 4.78 is 39.4. The van der Waals surface area contributed by atoms with Crippen molar-refractivity contribution < 1.29 is 13.2 Å². The summed E-state index contributed by atoms with van der Waals surface area (Å²) in [5, 5.41) is 3.03. The van der Waals surface area contributed by atoms with Gasteiger partial charge in [0.2, 0.25) is 0 Å². The lowest BCUT2D eigenvalue weighted by Crippen LogP contribution is -2.19. The number of nitrogens with zero attached hydrogens (tertiary/aromatic N) is 3. The maximum absolute atomic E-state index is 13.1. The van der Waals surface area contributed by atoms with Crippen molar-refractivity contribution in [2.24, 2.45) is 0 Å². The van der Waals surface area contributed by atoms with Crippen molar-refractivity contribution in [3.63, 3.8) is 0 Å². The van der Waals surface area contributed by atoms with Gasteiger partial charge in [0.1, 0.15) is 5.82 Å². The molecular formula is C15H15F3N4S. The fourth-order valence-electron chi connectivity index (χ4n) is 2.16. The van der Waals surface area contributed by atoms with E-state index >= 15 is 0 Å². The molecule has 122 valence electrons. The van der Waals surface area contributed by atoms with Crippen LogP contribution in [0.5, 0.6) is 0 Å². The van der Waals surface area contributed by atoms with Gasteiger partial charge in [-0.3, -0.25) is 4.98 Å². The normalized spacial score (nSPS) is 16.2. The second-order valence-corrected chi connectivity index (χ2v) is 6.71. The quantitative estimate of drug-likeness (QED) is 0.895. The van der Waals surface area contributed by atoms with E-state index in [1.165, 1.54) is 12.4 Å². The third kappa shape index (κ3) is 3.74. The fourth-order valence-corrected chi connectivity index (χ4v) is 2.88. The molecule has 2 aromatic heterocycles. The second-order valence-electron chi connectivity index (χ2n) is 5.44. The number of hydrogen-bond donors (Lipinski definition) is 1. The maximum Gasteiger partial charge on any atom is 0.433 e. The van der Waals surface area contributed by atoms with E-state index in [9.17, 15) is 13.2 Å². The van der Waals surface area contributed by atoms with Crippen LogP contribution in [0, 0.1) is 0 Å². The predicted octanol–water partition coefficient (Wildman–Crippen LogP) is 3.86. The third-order valence-electron chi connectivity index (χ3n) is 3.79. The highest BCUT2D eigenvalue weighted by Crippen LogP contribution is 2.47. The molecule has 8 heteroatoms. The summed E-state index contributed by atoms with van der Waals surface area (Å²) in [5.74, 6) is 0.234. The maximum atomic E-state index is 13.1. The minimum absolute atomic E-state index is 0.0405. The van der Waals surface area contributed by atoms with Crippen molar-refractivity contribution in [2.45, 2.75) is 23.8 Å². The highest BCUT2D eigenvalue weighted by Gasteiger charge is 2.42. The Kier molecular flexibility index (Phi) is 4.18. The molecule has 1 N–H and O–H groups in total.